The highest BCUT2D eigenvalue weighted by Crippen LogP contribution is 1.80. The quantitative estimate of drug-likeness (QED) is 0.395. The number of nitrogens with one attached hydrogen (secondary N) is 1. The first-order chi connectivity index (χ1) is 8.91. The summed E-state index contributed by atoms with van der Waals surface area (Å²) in [6.07, 6.45) is 0. The summed E-state index contributed by atoms with van der Waals surface area (Å²) in [6, 6.07) is 0. The predicted molar refractivity (Wildman–Crippen MR) is 68.9 cm³/mol. The summed E-state index contributed by atoms with van der Waals surface area (Å²) in [5, 5.41) is 11.6. The molecule has 0 saturated carbocycles. The lowest BCUT2D eigenvalue weighted by atomic mass is 10.6. The van der Waals surface area contributed by atoms with Gasteiger partial charge in [-0.2, -0.15) is 0 Å². The van der Waals surface area contributed by atoms with Gasteiger partial charge in [-0.05, 0) is 6.92 Å². The number of ether oxygens (including phenoxy) is 4. The van der Waals surface area contributed by atoms with Crippen molar-refractivity contribution >= 4 is 0 Å². The molecule has 0 radical (unpaired) electrons. The summed E-state index contributed by atoms with van der Waals surface area (Å²) >= 11 is 0. The lowest BCUT2D eigenvalue weighted by Gasteiger charge is -2.07. The Balaban J connectivity index is 2.86. The van der Waals surface area contributed by atoms with Gasteiger partial charge in [-0.3, -0.25) is 0 Å². The van der Waals surface area contributed by atoms with Crippen molar-refractivity contribution in [3.05, 3.63) is 0 Å². The standard InChI is InChI=1S/C12H27NO5/c1-2-15-9-10-18-12-11-17-7-4-13-3-6-16-8-5-14/h13-14H,2-12H2,1H3. The SMILES string of the molecule is CCOCCOCCOCCNCCOCCO. The van der Waals surface area contributed by atoms with Gasteiger partial charge in [-0.15, -0.1) is 0 Å². The number of hydrogen-bond acceptors (Lipinski definition) is 6. The van der Waals surface area contributed by atoms with Gasteiger partial charge in [0, 0.05) is 19.7 Å². The predicted octanol–water partition coefficient (Wildman–Crippen LogP) is -0.345. The molecule has 6 nitrogen and oxygen atoms in total. The lowest BCUT2D eigenvalue weighted by molar-refractivity contribution is 0.0173. The van der Waals surface area contributed by atoms with E-state index in [1.165, 1.54) is 0 Å². The van der Waals surface area contributed by atoms with Gasteiger partial charge >= 0.3 is 0 Å². The average Bonchev–Trinajstić information content (AvgIpc) is 2.39. The van der Waals surface area contributed by atoms with E-state index in [1.54, 1.807) is 0 Å². The van der Waals surface area contributed by atoms with Crippen LogP contribution in [0.5, 0.6) is 0 Å². The molecule has 0 spiro atoms. The van der Waals surface area contributed by atoms with Crippen LogP contribution in [-0.2, 0) is 18.9 Å². The second kappa shape index (κ2) is 16.8. The smallest absolute Gasteiger partial charge is 0.0701 e. The van der Waals surface area contributed by atoms with E-state index in [0.717, 1.165) is 19.7 Å². The second-order valence-corrected chi connectivity index (χ2v) is 3.51. The molecule has 0 aromatic heterocycles. The number of hydrogen-bond donors (Lipinski definition) is 2. The fraction of sp³-hybridized carbons (Fsp3) is 1.00. The Morgan fingerprint density at radius 2 is 1.22 bits per heavy atom. The summed E-state index contributed by atoms with van der Waals surface area (Å²) in [6.45, 7) is 8.48. The van der Waals surface area contributed by atoms with Crippen molar-refractivity contribution < 1.29 is 24.1 Å². The van der Waals surface area contributed by atoms with Crippen LogP contribution in [0.3, 0.4) is 0 Å². The van der Waals surface area contributed by atoms with Crippen molar-refractivity contribution in [1.82, 2.24) is 5.32 Å². The minimum atomic E-state index is 0.0758. The Kier molecular flexibility index (Phi) is 16.5. The van der Waals surface area contributed by atoms with E-state index in [2.05, 4.69) is 5.32 Å². The molecule has 2 N–H and O–H groups in total. The number of aliphatic hydroxyl groups is 1. The van der Waals surface area contributed by atoms with Gasteiger partial charge in [-0.1, -0.05) is 0 Å². The summed E-state index contributed by atoms with van der Waals surface area (Å²) in [4.78, 5) is 0. The van der Waals surface area contributed by atoms with E-state index in [1.807, 2.05) is 6.92 Å². The highest BCUT2D eigenvalue weighted by atomic mass is 16.5. The molecule has 18 heavy (non-hydrogen) atoms. The maximum absolute atomic E-state index is 8.47. The van der Waals surface area contributed by atoms with Gasteiger partial charge in [0.25, 0.3) is 0 Å². The van der Waals surface area contributed by atoms with Crippen LogP contribution < -0.4 is 5.32 Å². The molecule has 0 saturated heterocycles. The fourth-order valence-corrected chi connectivity index (χ4v) is 1.16. The molecule has 0 aromatic rings. The molecule has 110 valence electrons. The molecule has 0 heterocycles. The van der Waals surface area contributed by atoms with Gasteiger partial charge in [0.2, 0.25) is 0 Å². The highest BCUT2D eigenvalue weighted by molar-refractivity contribution is 4.45. The zero-order valence-corrected chi connectivity index (χ0v) is 11.4. The molecule has 0 rings (SSSR count). The highest BCUT2D eigenvalue weighted by Gasteiger charge is 1.91. The summed E-state index contributed by atoms with van der Waals surface area (Å²) < 4.78 is 20.9. The molecule has 0 aliphatic heterocycles. The van der Waals surface area contributed by atoms with Crippen LogP contribution in [-0.4, -0.2) is 77.7 Å². The number of aliphatic hydroxyl groups excluding tert-OH is 1. The zero-order chi connectivity index (χ0) is 13.3. The van der Waals surface area contributed by atoms with Gasteiger partial charge in [0.1, 0.15) is 0 Å². The largest absolute Gasteiger partial charge is 0.394 e. The Hall–Kier alpha value is -0.240. The van der Waals surface area contributed by atoms with E-state index in [4.69, 9.17) is 24.1 Å². The summed E-state index contributed by atoms with van der Waals surface area (Å²) in [5.74, 6) is 0. The van der Waals surface area contributed by atoms with Crippen molar-refractivity contribution in [3.8, 4) is 0 Å². The summed E-state index contributed by atoms with van der Waals surface area (Å²) in [7, 11) is 0. The first kappa shape index (κ1) is 17.8. The first-order valence-electron chi connectivity index (χ1n) is 6.54. The molecule has 0 unspecified atom stereocenters. The molecule has 0 aromatic carbocycles. The first-order valence-corrected chi connectivity index (χ1v) is 6.54. The van der Waals surface area contributed by atoms with Crippen LogP contribution in [0.1, 0.15) is 6.92 Å². The van der Waals surface area contributed by atoms with E-state index in [9.17, 15) is 0 Å². The van der Waals surface area contributed by atoms with Crippen LogP contribution in [0.15, 0.2) is 0 Å². The average molecular weight is 265 g/mol. The zero-order valence-electron chi connectivity index (χ0n) is 11.4. The lowest BCUT2D eigenvalue weighted by Crippen LogP contribution is -2.25. The normalized spacial score (nSPS) is 11.0. The van der Waals surface area contributed by atoms with Crippen molar-refractivity contribution in [2.75, 3.05) is 72.6 Å². The third kappa shape index (κ3) is 15.8. The molecule has 0 amide bonds. The molecular weight excluding hydrogens is 238 g/mol. The molecule has 6 heteroatoms. The Labute approximate surface area is 110 Å². The van der Waals surface area contributed by atoms with Gasteiger partial charge in [0.15, 0.2) is 0 Å². The van der Waals surface area contributed by atoms with Gasteiger partial charge in [-0.25, -0.2) is 0 Å². The van der Waals surface area contributed by atoms with Crippen molar-refractivity contribution in [1.29, 1.82) is 0 Å². The maximum atomic E-state index is 8.47. The van der Waals surface area contributed by atoms with Crippen molar-refractivity contribution in [3.63, 3.8) is 0 Å². The van der Waals surface area contributed by atoms with E-state index in [0.29, 0.717) is 46.2 Å². The van der Waals surface area contributed by atoms with E-state index in [-0.39, 0.29) is 6.61 Å². The Morgan fingerprint density at radius 3 is 1.78 bits per heavy atom. The molecule has 0 aliphatic rings. The molecule has 0 bridgehead atoms. The van der Waals surface area contributed by atoms with E-state index < -0.39 is 0 Å². The second-order valence-electron chi connectivity index (χ2n) is 3.51. The van der Waals surface area contributed by atoms with Crippen LogP contribution in [0.4, 0.5) is 0 Å². The molecule has 0 aliphatic carbocycles. The van der Waals surface area contributed by atoms with Crippen molar-refractivity contribution in [2.24, 2.45) is 0 Å². The minimum Gasteiger partial charge on any atom is -0.394 e. The monoisotopic (exact) mass is 265 g/mol. The number of rotatable bonds is 15. The third-order valence-corrected chi connectivity index (χ3v) is 2.03. The van der Waals surface area contributed by atoms with Crippen LogP contribution in [0.2, 0.25) is 0 Å². The summed E-state index contributed by atoms with van der Waals surface area (Å²) in [5.41, 5.74) is 0. The van der Waals surface area contributed by atoms with Crippen LogP contribution in [0, 0.1) is 0 Å². The van der Waals surface area contributed by atoms with E-state index >= 15 is 0 Å². The Bertz CT molecular complexity index is 132. The Morgan fingerprint density at radius 1 is 0.722 bits per heavy atom. The molecule has 0 atom stereocenters. The van der Waals surface area contributed by atoms with Gasteiger partial charge in [0.05, 0.1) is 52.9 Å². The minimum absolute atomic E-state index is 0.0758. The topological polar surface area (TPSA) is 69.2 Å². The molecule has 0 fully saturated rings. The maximum Gasteiger partial charge on any atom is 0.0701 e. The third-order valence-electron chi connectivity index (χ3n) is 2.03. The fourth-order valence-electron chi connectivity index (χ4n) is 1.16. The van der Waals surface area contributed by atoms with Crippen LogP contribution in [0.25, 0.3) is 0 Å². The molecular formula is C12H27NO5. The van der Waals surface area contributed by atoms with Gasteiger partial charge < -0.3 is 29.4 Å². The van der Waals surface area contributed by atoms with Crippen LogP contribution >= 0.6 is 0 Å². The van der Waals surface area contributed by atoms with Crippen molar-refractivity contribution in [2.45, 2.75) is 6.92 Å².